The number of aromatic nitrogens is 1. The molecule has 1 aromatic heterocycles. The van der Waals surface area contributed by atoms with E-state index >= 15 is 0 Å². The van der Waals surface area contributed by atoms with Gasteiger partial charge in [0.05, 0.1) is 12.3 Å². The minimum Gasteiger partial charge on any atom is -0.397 e. The Bertz CT molecular complexity index is 402. The number of methoxy groups -OCH3 is 1. The molecule has 17 heavy (non-hydrogen) atoms. The first kappa shape index (κ1) is 13.6. The van der Waals surface area contributed by atoms with Gasteiger partial charge in [-0.2, -0.15) is 5.26 Å². The first-order valence-electron chi connectivity index (χ1n) is 5.97. The minimum atomic E-state index is 0.595. The third kappa shape index (κ3) is 3.50. The number of ether oxygens (including phenoxy) is 1. The van der Waals surface area contributed by atoms with Gasteiger partial charge in [0.1, 0.15) is 11.8 Å². The van der Waals surface area contributed by atoms with Gasteiger partial charge in [-0.1, -0.05) is 13.8 Å². The molecule has 0 saturated carbocycles. The molecule has 0 amide bonds. The molecule has 0 aromatic carbocycles. The highest BCUT2D eigenvalue weighted by Crippen LogP contribution is 2.21. The summed E-state index contributed by atoms with van der Waals surface area (Å²) in [7, 11) is 1.66. The zero-order valence-corrected chi connectivity index (χ0v) is 10.9. The lowest BCUT2D eigenvalue weighted by Crippen LogP contribution is -2.11. The second-order valence-corrected chi connectivity index (χ2v) is 4.62. The van der Waals surface area contributed by atoms with E-state index < -0.39 is 0 Å². The zero-order valence-electron chi connectivity index (χ0n) is 10.9. The van der Waals surface area contributed by atoms with Crippen molar-refractivity contribution in [3.05, 3.63) is 17.5 Å². The van der Waals surface area contributed by atoms with E-state index in [9.17, 15) is 0 Å². The van der Waals surface area contributed by atoms with Crippen LogP contribution in [0.3, 0.4) is 0 Å². The van der Waals surface area contributed by atoms with Crippen LogP contribution in [0, 0.1) is 17.2 Å². The third-order valence-electron chi connectivity index (χ3n) is 2.83. The first-order valence-corrected chi connectivity index (χ1v) is 5.97. The van der Waals surface area contributed by atoms with E-state index in [0.29, 0.717) is 24.8 Å². The highest BCUT2D eigenvalue weighted by Gasteiger charge is 2.13. The molecule has 0 spiro atoms. The van der Waals surface area contributed by atoms with E-state index in [1.165, 1.54) is 0 Å². The van der Waals surface area contributed by atoms with Crippen LogP contribution in [0.25, 0.3) is 0 Å². The van der Waals surface area contributed by atoms with Crippen molar-refractivity contribution in [3.63, 3.8) is 0 Å². The van der Waals surface area contributed by atoms with Crippen molar-refractivity contribution in [2.75, 3.05) is 19.5 Å². The second-order valence-electron chi connectivity index (χ2n) is 4.62. The highest BCUT2D eigenvalue weighted by molar-refractivity contribution is 5.50. The Morgan fingerprint density at radius 2 is 2.24 bits per heavy atom. The van der Waals surface area contributed by atoms with Crippen molar-refractivity contribution in [3.8, 4) is 6.07 Å². The number of nitrogens with two attached hydrogens (primary N) is 1. The molecule has 4 heteroatoms. The van der Waals surface area contributed by atoms with Crippen LogP contribution >= 0.6 is 0 Å². The molecule has 0 aliphatic heterocycles. The minimum absolute atomic E-state index is 0.595. The molecule has 4 nitrogen and oxygen atoms in total. The Kier molecular flexibility index (Phi) is 5.05. The van der Waals surface area contributed by atoms with E-state index in [4.69, 9.17) is 15.7 Å². The fourth-order valence-corrected chi connectivity index (χ4v) is 1.85. The van der Waals surface area contributed by atoms with Crippen LogP contribution in [0.4, 0.5) is 5.69 Å². The Labute approximate surface area is 103 Å². The summed E-state index contributed by atoms with van der Waals surface area (Å²) in [4.78, 5) is 0. The molecule has 1 heterocycles. The largest absolute Gasteiger partial charge is 0.397 e. The van der Waals surface area contributed by atoms with Crippen LogP contribution in [-0.4, -0.2) is 18.3 Å². The SMILES string of the molecule is COCCn1c(C#N)cc(N)c1CCC(C)C. The Hall–Kier alpha value is -1.47. The van der Waals surface area contributed by atoms with Crippen molar-refractivity contribution in [2.45, 2.75) is 33.2 Å². The molecule has 0 saturated heterocycles. The zero-order chi connectivity index (χ0) is 12.8. The van der Waals surface area contributed by atoms with E-state index in [2.05, 4.69) is 19.9 Å². The third-order valence-corrected chi connectivity index (χ3v) is 2.83. The van der Waals surface area contributed by atoms with Crippen LogP contribution in [-0.2, 0) is 17.7 Å². The number of rotatable bonds is 6. The fourth-order valence-electron chi connectivity index (χ4n) is 1.85. The topological polar surface area (TPSA) is 64.0 Å². The van der Waals surface area contributed by atoms with Gasteiger partial charge in [-0.3, -0.25) is 0 Å². The molecule has 0 aliphatic rings. The van der Waals surface area contributed by atoms with E-state index in [1.807, 2.05) is 4.57 Å². The van der Waals surface area contributed by atoms with Crippen molar-refractivity contribution < 1.29 is 4.74 Å². The Morgan fingerprint density at radius 1 is 1.53 bits per heavy atom. The summed E-state index contributed by atoms with van der Waals surface area (Å²) in [6, 6.07) is 3.94. The van der Waals surface area contributed by atoms with Gasteiger partial charge in [-0.05, 0) is 24.8 Å². The Morgan fingerprint density at radius 3 is 2.76 bits per heavy atom. The summed E-state index contributed by atoms with van der Waals surface area (Å²) >= 11 is 0. The van der Waals surface area contributed by atoms with Gasteiger partial charge in [-0.15, -0.1) is 0 Å². The summed E-state index contributed by atoms with van der Waals surface area (Å²) in [5.41, 5.74) is 8.37. The number of nitrogens with zero attached hydrogens (tertiary/aromatic N) is 2. The number of anilines is 1. The molecule has 0 unspecified atom stereocenters. The van der Waals surface area contributed by atoms with Gasteiger partial charge in [-0.25, -0.2) is 0 Å². The molecule has 1 aromatic rings. The van der Waals surface area contributed by atoms with Crippen molar-refractivity contribution in [1.82, 2.24) is 4.57 Å². The quantitative estimate of drug-likeness (QED) is 0.822. The highest BCUT2D eigenvalue weighted by atomic mass is 16.5. The lowest BCUT2D eigenvalue weighted by Gasteiger charge is -2.12. The molecule has 2 N–H and O–H groups in total. The average molecular weight is 235 g/mol. The molecular formula is C13H21N3O. The molecule has 0 bridgehead atoms. The normalized spacial score (nSPS) is 10.8. The van der Waals surface area contributed by atoms with Crippen LogP contribution in [0.1, 0.15) is 31.7 Å². The van der Waals surface area contributed by atoms with Gasteiger partial charge < -0.3 is 15.0 Å². The monoisotopic (exact) mass is 235 g/mol. The standard InChI is InChI=1S/C13H21N3O/c1-10(2)4-5-13-12(15)8-11(9-14)16(13)6-7-17-3/h8,10H,4-7,15H2,1-3H3. The maximum atomic E-state index is 9.07. The van der Waals surface area contributed by atoms with Gasteiger partial charge in [0.15, 0.2) is 0 Å². The van der Waals surface area contributed by atoms with Gasteiger partial charge in [0, 0.05) is 19.3 Å². The summed E-state index contributed by atoms with van der Waals surface area (Å²) in [6.45, 7) is 5.65. The number of hydrogen-bond acceptors (Lipinski definition) is 3. The predicted molar refractivity (Wildman–Crippen MR) is 68.6 cm³/mol. The molecular weight excluding hydrogens is 214 g/mol. The molecule has 0 aliphatic carbocycles. The summed E-state index contributed by atoms with van der Waals surface area (Å²) in [6.07, 6.45) is 1.99. The van der Waals surface area contributed by atoms with Crippen LogP contribution in [0.5, 0.6) is 0 Å². The molecule has 0 radical (unpaired) electrons. The molecule has 94 valence electrons. The number of nitrogen functional groups attached to an aromatic ring is 1. The van der Waals surface area contributed by atoms with Gasteiger partial charge in [0.25, 0.3) is 0 Å². The van der Waals surface area contributed by atoms with Gasteiger partial charge in [0.2, 0.25) is 0 Å². The van der Waals surface area contributed by atoms with E-state index in [1.54, 1.807) is 13.2 Å². The second kappa shape index (κ2) is 6.31. The lowest BCUT2D eigenvalue weighted by atomic mass is 10.1. The molecule has 0 atom stereocenters. The number of hydrogen-bond donors (Lipinski definition) is 1. The van der Waals surface area contributed by atoms with Crippen molar-refractivity contribution >= 4 is 5.69 Å². The summed E-state index contributed by atoms with van der Waals surface area (Å²) < 4.78 is 7.04. The lowest BCUT2D eigenvalue weighted by molar-refractivity contribution is 0.186. The van der Waals surface area contributed by atoms with E-state index in [0.717, 1.165) is 24.2 Å². The maximum absolute atomic E-state index is 9.07. The summed E-state index contributed by atoms with van der Waals surface area (Å²) in [5, 5.41) is 9.07. The van der Waals surface area contributed by atoms with Crippen LogP contribution in [0.15, 0.2) is 6.07 Å². The maximum Gasteiger partial charge on any atom is 0.122 e. The van der Waals surface area contributed by atoms with Crippen molar-refractivity contribution in [1.29, 1.82) is 5.26 Å². The smallest absolute Gasteiger partial charge is 0.122 e. The molecule has 1 rings (SSSR count). The van der Waals surface area contributed by atoms with Crippen LogP contribution < -0.4 is 5.73 Å². The Balaban J connectivity index is 2.92. The van der Waals surface area contributed by atoms with Gasteiger partial charge >= 0.3 is 0 Å². The van der Waals surface area contributed by atoms with E-state index in [-0.39, 0.29) is 0 Å². The predicted octanol–water partition coefficient (Wildman–Crippen LogP) is 2.18. The average Bonchev–Trinajstić information content (AvgIpc) is 2.59. The summed E-state index contributed by atoms with van der Waals surface area (Å²) in [5.74, 6) is 0.630. The molecule has 0 fully saturated rings. The number of nitriles is 1. The fraction of sp³-hybridized carbons (Fsp3) is 0.615. The first-order chi connectivity index (χ1) is 8.10. The van der Waals surface area contributed by atoms with Crippen molar-refractivity contribution in [2.24, 2.45) is 5.92 Å². The van der Waals surface area contributed by atoms with Crippen LogP contribution in [0.2, 0.25) is 0 Å².